The van der Waals surface area contributed by atoms with Gasteiger partial charge in [0.1, 0.15) is 0 Å². The third-order valence-corrected chi connectivity index (χ3v) is 3.06. The molecule has 0 aliphatic carbocycles. The minimum atomic E-state index is 0.423. The smallest absolute Gasteiger partial charge is 0.0638 e. The van der Waals surface area contributed by atoms with Crippen LogP contribution in [-0.4, -0.2) is 37.1 Å². The van der Waals surface area contributed by atoms with E-state index >= 15 is 0 Å². The lowest BCUT2D eigenvalue weighted by Crippen LogP contribution is -2.40. The molecule has 1 fully saturated rings. The van der Waals surface area contributed by atoms with Gasteiger partial charge < -0.3 is 5.32 Å². The highest BCUT2D eigenvalue weighted by atomic mass is 15.2. The molecular weight excluding hydrogens is 186 g/mol. The van der Waals surface area contributed by atoms with Crippen LogP contribution >= 0.6 is 0 Å². The summed E-state index contributed by atoms with van der Waals surface area (Å²) in [6.07, 6.45) is 3.13. The fraction of sp³-hybridized carbons (Fsp3) is 0.917. The van der Waals surface area contributed by atoms with E-state index in [1.54, 1.807) is 0 Å². The molecule has 1 heterocycles. The monoisotopic (exact) mass is 209 g/mol. The molecule has 0 radical (unpaired) electrons. The Hall–Kier alpha value is -0.590. The first-order valence-electron chi connectivity index (χ1n) is 6.09. The molecular formula is C12H23N3. The lowest BCUT2D eigenvalue weighted by molar-refractivity contribution is 0.191. The Balaban J connectivity index is 2.51. The third kappa shape index (κ3) is 4.19. The van der Waals surface area contributed by atoms with Crippen molar-refractivity contribution in [3.05, 3.63) is 0 Å². The first kappa shape index (κ1) is 12.5. The van der Waals surface area contributed by atoms with E-state index in [0.29, 0.717) is 18.4 Å². The van der Waals surface area contributed by atoms with Gasteiger partial charge in [-0.15, -0.1) is 0 Å². The second kappa shape index (κ2) is 6.81. The second-order valence-corrected chi connectivity index (χ2v) is 4.63. The van der Waals surface area contributed by atoms with Crippen LogP contribution in [0.2, 0.25) is 0 Å². The molecule has 0 bridgehead atoms. The van der Waals surface area contributed by atoms with E-state index < -0.39 is 0 Å². The van der Waals surface area contributed by atoms with E-state index in [1.165, 1.54) is 12.8 Å². The maximum absolute atomic E-state index is 8.81. The fourth-order valence-electron chi connectivity index (χ4n) is 2.18. The summed E-state index contributed by atoms with van der Waals surface area (Å²) in [5.74, 6) is 0.700. The van der Waals surface area contributed by atoms with Crippen LogP contribution < -0.4 is 5.32 Å². The van der Waals surface area contributed by atoms with Crippen LogP contribution in [0.1, 0.15) is 33.1 Å². The molecule has 0 aromatic rings. The van der Waals surface area contributed by atoms with Crippen molar-refractivity contribution < 1.29 is 0 Å². The molecule has 0 aromatic carbocycles. The normalized spacial score (nSPS) is 28.3. The molecule has 1 saturated heterocycles. The minimum absolute atomic E-state index is 0.423. The fourth-order valence-corrected chi connectivity index (χ4v) is 2.18. The summed E-state index contributed by atoms with van der Waals surface area (Å²) in [6.45, 7) is 8.85. The molecule has 1 aliphatic rings. The molecule has 3 nitrogen and oxygen atoms in total. The highest BCUT2D eigenvalue weighted by Gasteiger charge is 2.22. The summed E-state index contributed by atoms with van der Waals surface area (Å²) in [5, 5.41) is 12.3. The summed E-state index contributed by atoms with van der Waals surface area (Å²) in [7, 11) is 0. The van der Waals surface area contributed by atoms with Gasteiger partial charge in [0.15, 0.2) is 0 Å². The standard InChI is InChI=1S/C12H23N3/c1-3-4-7-15-10-11(2)8-14-9-12(15)5-6-13/h11-12,14H,3-5,7-10H2,1-2H3. The van der Waals surface area contributed by atoms with E-state index in [-0.39, 0.29) is 0 Å². The predicted octanol–water partition coefficient (Wildman–Crippen LogP) is 1.61. The van der Waals surface area contributed by atoms with Crippen LogP contribution in [0.25, 0.3) is 0 Å². The number of rotatable bonds is 4. The van der Waals surface area contributed by atoms with Gasteiger partial charge in [0, 0.05) is 19.1 Å². The summed E-state index contributed by atoms with van der Waals surface area (Å²) in [4.78, 5) is 2.50. The molecule has 15 heavy (non-hydrogen) atoms. The SMILES string of the molecule is CCCCN1CC(C)CNCC1CC#N. The molecule has 0 amide bonds. The molecule has 3 heteroatoms. The van der Waals surface area contributed by atoms with E-state index in [4.69, 9.17) is 5.26 Å². The maximum atomic E-state index is 8.81. The molecule has 0 aromatic heterocycles. The Labute approximate surface area is 93.5 Å². The van der Waals surface area contributed by atoms with Gasteiger partial charge in [0.25, 0.3) is 0 Å². The van der Waals surface area contributed by atoms with Crippen molar-refractivity contribution in [1.82, 2.24) is 10.2 Å². The van der Waals surface area contributed by atoms with Crippen molar-refractivity contribution in [3.8, 4) is 6.07 Å². The molecule has 2 unspecified atom stereocenters. The van der Waals surface area contributed by atoms with Gasteiger partial charge in [-0.25, -0.2) is 0 Å². The van der Waals surface area contributed by atoms with Gasteiger partial charge in [-0.05, 0) is 25.4 Å². The number of nitriles is 1. The highest BCUT2D eigenvalue weighted by Crippen LogP contribution is 2.12. The largest absolute Gasteiger partial charge is 0.315 e. The quantitative estimate of drug-likeness (QED) is 0.764. The molecule has 1 aliphatic heterocycles. The van der Waals surface area contributed by atoms with Crippen molar-refractivity contribution in [2.75, 3.05) is 26.2 Å². The van der Waals surface area contributed by atoms with E-state index in [9.17, 15) is 0 Å². The van der Waals surface area contributed by atoms with Crippen LogP contribution in [-0.2, 0) is 0 Å². The first-order chi connectivity index (χ1) is 7.27. The zero-order chi connectivity index (χ0) is 11.1. The predicted molar refractivity (Wildman–Crippen MR) is 62.5 cm³/mol. The van der Waals surface area contributed by atoms with Gasteiger partial charge in [-0.1, -0.05) is 20.3 Å². The average Bonchev–Trinajstić information content (AvgIpc) is 2.39. The lowest BCUT2D eigenvalue weighted by Gasteiger charge is -2.28. The van der Waals surface area contributed by atoms with Crippen LogP contribution in [0.15, 0.2) is 0 Å². The van der Waals surface area contributed by atoms with E-state index in [0.717, 1.165) is 26.2 Å². The van der Waals surface area contributed by atoms with Gasteiger partial charge in [-0.3, -0.25) is 4.90 Å². The second-order valence-electron chi connectivity index (χ2n) is 4.63. The van der Waals surface area contributed by atoms with Crippen LogP contribution in [0.5, 0.6) is 0 Å². The van der Waals surface area contributed by atoms with Crippen LogP contribution in [0.4, 0.5) is 0 Å². The van der Waals surface area contributed by atoms with Crippen LogP contribution in [0, 0.1) is 17.2 Å². The van der Waals surface area contributed by atoms with Crippen molar-refractivity contribution in [2.24, 2.45) is 5.92 Å². The minimum Gasteiger partial charge on any atom is -0.315 e. The van der Waals surface area contributed by atoms with Crippen molar-refractivity contribution in [2.45, 2.75) is 39.2 Å². The molecule has 86 valence electrons. The van der Waals surface area contributed by atoms with Crippen LogP contribution in [0.3, 0.4) is 0 Å². The first-order valence-corrected chi connectivity index (χ1v) is 6.09. The van der Waals surface area contributed by atoms with Crippen molar-refractivity contribution in [3.63, 3.8) is 0 Å². The van der Waals surface area contributed by atoms with Gasteiger partial charge in [0.2, 0.25) is 0 Å². The molecule has 1 rings (SSSR count). The molecule has 0 spiro atoms. The third-order valence-electron chi connectivity index (χ3n) is 3.06. The zero-order valence-electron chi connectivity index (χ0n) is 10.00. The Kier molecular flexibility index (Phi) is 5.67. The number of hydrogen-bond acceptors (Lipinski definition) is 3. The Morgan fingerprint density at radius 2 is 2.27 bits per heavy atom. The van der Waals surface area contributed by atoms with Gasteiger partial charge in [-0.2, -0.15) is 5.26 Å². The van der Waals surface area contributed by atoms with Gasteiger partial charge >= 0.3 is 0 Å². The van der Waals surface area contributed by atoms with E-state index in [2.05, 4.69) is 30.1 Å². The number of nitrogens with one attached hydrogen (secondary N) is 1. The number of nitrogens with zero attached hydrogens (tertiary/aromatic N) is 2. The summed E-state index contributed by atoms with van der Waals surface area (Å²) < 4.78 is 0. The Morgan fingerprint density at radius 1 is 1.47 bits per heavy atom. The Morgan fingerprint density at radius 3 is 2.93 bits per heavy atom. The summed E-state index contributed by atoms with van der Waals surface area (Å²) >= 11 is 0. The topological polar surface area (TPSA) is 39.1 Å². The average molecular weight is 209 g/mol. The lowest BCUT2D eigenvalue weighted by atomic mass is 10.1. The number of hydrogen-bond donors (Lipinski definition) is 1. The maximum Gasteiger partial charge on any atom is 0.0638 e. The van der Waals surface area contributed by atoms with Gasteiger partial charge in [0.05, 0.1) is 12.5 Å². The molecule has 2 atom stereocenters. The van der Waals surface area contributed by atoms with Crippen molar-refractivity contribution in [1.29, 1.82) is 5.26 Å². The summed E-state index contributed by atoms with van der Waals surface area (Å²) in [6, 6.07) is 2.73. The highest BCUT2D eigenvalue weighted by molar-refractivity contribution is 4.87. The number of unbranched alkanes of at least 4 members (excludes halogenated alkanes) is 1. The Bertz CT molecular complexity index is 209. The molecule has 1 N–H and O–H groups in total. The molecule has 0 saturated carbocycles. The van der Waals surface area contributed by atoms with Crippen molar-refractivity contribution >= 4 is 0 Å². The zero-order valence-corrected chi connectivity index (χ0v) is 10.00. The van der Waals surface area contributed by atoms with E-state index in [1.807, 2.05) is 0 Å². The summed E-state index contributed by atoms with van der Waals surface area (Å²) in [5.41, 5.74) is 0.